The minimum Gasteiger partial charge on any atom is -0.406 e. The maximum absolute atomic E-state index is 12.3. The van der Waals surface area contributed by atoms with Crippen LogP contribution in [0.25, 0.3) is 0 Å². The lowest BCUT2D eigenvalue weighted by atomic mass is 10.1. The van der Waals surface area contributed by atoms with E-state index in [0.717, 1.165) is 18.4 Å². The fourth-order valence-electron chi connectivity index (χ4n) is 2.48. The van der Waals surface area contributed by atoms with Gasteiger partial charge in [-0.1, -0.05) is 30.3 Å². The van der Waals surface area contributed by atoms with E-state index in [1.165, 1.54) is 12.1 Å². The van der Waals surface area contributed by atoms with Gasteiger partial charge in [-0.15, -0.1) is 13.2 Å². The molecule has 0 aromatic heterocycles. The number of para-hydroxylation sites is 1. The van der Waals surface area contributed by atoms with Crippen molar-refractivity contribution in [3.8, 4) is 5.75 Å². The maximum Gasteiger partial charge on any atom is 0.573 e. The molecule has 2 rings (SSSR count). The molecule has 2 aromatic rings. The third-order valence-corrected chi connectivity index (χ3v) is 4.25. The van der Waals surface area contributed by atoms with E-state index in [9.17, 15) is 26.4 Å². The fourth-order valence-corrected chi connectivity index (χ4v) is 3.08. The second-order valence-electron chi connectivity index (χ2n) is 6.11. The Morgan fingerprint density at radius 1 is 1.11 bits per heavy atom. The number of amides is 1. The molecule has 1 unspecified atom stereocenters. The van der Waals surface area contributed by atoms with Crippen LogP contribution in [0.15, 0.2) is 48.5 Å². The van der Waals surface area contributed by atoms with E-state index in [0.29, 0.717) is 16.8 Å². The van der Waals surface area contributed by atoms with Crippen LogP contribution >= 0.6 is 0 Å². The number of nitrogens with one attached hydrogen (secondary N) is 2. The highest BCUT2D eigenvalue weighted by atomic mass is 32.2. The summed E-state index contributed by atoms with van der Waals surface area (Å²) in [5, 5.41) is 2.72. The van der Waals surface area contributed by atoms with Gasteiger partial charge in [-0.25, -0.2) is 8.42 Å². The monoisotopic (exact) mass is 416 g/mol. The zero-order valence-electron chi connectivity index (χ0n) is 15.1. The second kappa shape index (κ2) is 8.51. The van der Waals surface area contributed by atoms with Crippen molar-refractivity contribution in [1.29, 1.82) is 0 Å². The van der Waals surface area contributed by atoms with Crippen LogP contribution in [0.1, 0.15) is 24.1 Å². The fraction of sp³-hybridized carbons (Fsp3) is 0.278. The lowest BCUT2D eigenvalue weighted by molar-refractivity contribution is -0.274. The molecule has 0 aliphatic carbocycles. The Morgan fingerprint density at radius 3 is 2.29 bits per heavy atom. The van der Waals surface area contributed by atoms with Crippen molar-refractivity contribution in [3.63, 3.8) is 0 Å². The molecule has 0 bridgehead atoms. The third kappa shape index (κ3) is 7.10. The van der Waals surface area contributed by atoms with Gasteiger partial charge in [0.15, 0.2) is 0 Å². The van der Waals surface area contributed by atoms with Gasteiger partial charge in [0.05, 0.1) is 24.4 Å². The minimum absolute atomic E-state index is 0.0711. The SMILES string of the molecule is CC(NC(=O)Cc1ccccc1NS(C)(=O)=O)c1ccc(OC(F)(F)F)cc1. The Bertz CT molecular complexity index is 929. The lowest BCUT2D eigenvalue weighted by Gasteiger charge is -2.16. The molecule has 0 radical (unpaired) electrons. The Hall–Kier alpha value is -2.75. The molecular weight excluding hydrogens is 397 g/mol. The molecule has 28 heavy (non-hydrogen) atoms. The number of carbonyl (C=O) groups is 1. The van der Waals surface area contributed by atoms with Gasteiger partial charge in [0.2, 0.25) is 15.9 Å². The third-order valence-electron chi connectivity index (χ3n) is 3.65. The molecule has 152 valence electrons. The summed E-state index contributed by atoms with van der Waals surface area (Å²) in [7, 11) is -3.49. The van der Waals surface area contributed by atoms with E-state index >= 15 is 0 Å². The summed E-state index contributed by atoms with van der Waals surface area (Å²) < 4.78 is 65.6. The maximum atomic E-state index is 12.3. The summed E-state index contributed by atoms with van der Waals surface area (Å²) in [6, 6.07) is 11.2. The van der Waals surface area contributed by atoms with Crippen molar-refractivity contribution in [2.45, 2.75) is 25.7 Å². The molecule has 1 amide bonds. The van der Waals surface area contributed by atoms with Gasteiger partial charge in [-0.05, 0) is 36.2 Å². The quantitative estimate of drug-likeness (QED) is 0.725. The van der Waals surface area contributed by atoms with Crippen molar-refractivity contribution < 1.29 is 31.1 Å². The Balaban J connectivity index is 2.02. The molecule has 0 heterocycles. The van der Waals surface area contributed by atoms with Crippen LogP contribution in [-0.2, 0) is 21.2 Å². The van der Waals surface area contributed by atoms with Gasteiger partial charge < -0.3 is 10.1 Å². The smallest absolute Gasteiger partial charge is 0.406 e. The Labute approximate surface area is 160 Å². The standard InChI is InChI=1S/C18H19F3N2O4S/c1-12(13-7-9-15(10-8-13)27-18(19,20)21)22-17(24)11-14-5-3-4-6-16(14)23-28(2,25)26/h3-10,12,23H,11H2,1-2H3,(H,22,24). The van der Waals surface area contributed by atoms with Gasteiger partial charge in [0, 0.05) is 0 Å². The number of carbonyl (C=O) groups excluding carboxylic acids is 1. The van der Waals surface area contributed by atoms with Crippen molar-refractivity contribution in [2.24, 2.45) is 0 Å². The summed E-state index contributed by atoms with van der Waals surface area (Å²) >= 11 is 0. The summed E-state index contributed by atoms with van der Waals surface area (Å²) in [4.78, 5) is 12.3. The lowest BCUT2D eigenvalue weighted by Crippen LogP contribution is -2.28. The normalized spacial score (nSPS) is 12.9. The number of hydrogen-bond acceptors (Lipinski definition) is 4. The first kappa shape index (κ1) is 21.5. The highest BCUT2D eigenvalue weighted by Gasteiger charge is 2.31. The van der Waals surface area contributed by atoms with Gasteiger partial charge in [0.1, 0.15) is 5.75 Å². The van der Waals surface area contributed by atoms with Crippen molar-refractivity contribution >= 4 is 21.6 Å². The Morgan fingerprint density at radius 2 is 1.71 bits per heavy atom. The summed E-state index contributed by atoms with van der Waals surface area (Å²) in [5.74, 6) is -0.721. The van der Waals surface area contributed by atoms with Gasteiger partial charge in [0.25, 0.3) is 0 Å². The number of hydrogen-bond donors (Lipinski definition) is 2. The first-order valence-corrected chi connectivity index (χ1v) is 10.0. The average molecular weight is 416 g/mol. The number of alkyl halides is 3. The van der Waals surface area contributed by atoms with Crippen LogP contribution in [0.3, 0.4) is 0 Å². The van der Waals surface area contributed by atoms with Gasteiger partial charge in [-0.2, -0.15) is 0 Å². The van der Waals surface area contributed by atoms with Crippen LogP contribution in [0.5, 0.6) is 5.75 Å². The molecule has 0 saturated carbocycles. The van der Waals surface area contributed by atoms with Crippen molar-refractivity contribution in [2.75, 3.05) is 11.0 Å². The van der Waals surface area contributed by atoms with Gasteiger partial charge >= 0.3 is 6.36 Å². The van der Waals surface area contributed by atoms with E-state index in [1.54, 1.807) is 31.2 Å². The first-order valence-electron chi connectivity index (χ1n) is 8.14. The van der Waals surface area contributed by atoms with Crippen molar-refractivity contribution in [1.82, 2.24) is 5.32 Å². The molecular formula is C18H19F3N2O4S. The van der Waals surface area contributed by atoms with Gasteiger partial charge in [-0.3, -0.25) is 9.52 Å². The van der Waals surface area contributed by atoms with E-state index < -0.39 is 22.4 Å². The summed E-state index contributed by atoms with van der Waals surface area (Å²) in [6.07, 6.45) is -3.83. The van der Waals surface area contributed by atoms with E-state index in [-0.39, 0.29) is 18.1 Å². The molecule has 2 aromatic carbocycles. The minimum atomic E-state index is -4.77. The molecule has 0 aliphatic heterocycles. The molecule has 0 saturated heterocycles. The molecule has 1 atom stereocenters. The first-order chi connectivity index (χ1) is 12.9. The number of halogens is 3. The second-order valence-corrected chi connectivity index (χ2v) is 7.86. The highest BCUT2D eigenvalue weighted by Crippen LogP contribution is 2.24. The zero-order valence-corrected chi connectivity index (χ0v) is 15.9. The Kier molecular flexibility index (Phi) is 6.55. The molecule has 0 fully saturated rings. The van der Waals surface area contributed by atoms with E-state index in [1.807, 2.05) is 0 Å². The largest absolute Gasteiger partial charge is 0.573 e. The number of benzene rings is 2. The van der Waals surface area contributed by atoms with Crippen LogP contribution in [0.4, 0.5) is 18.9 Å². The molecule has 10 heteroatoms. The molecule has 6 nitrogen and oxygen atoms in total. The van der Waals surface area contributed by atoms with Crippen LogP contribution in [0, 0.1) is 0 Å². The summed E-state index contributed by atoms with van der Waals surface area (Å²) in [6.45, 7) is 1.68. The van der Waals surface area contributed by atoms with Crippen LogP contribution in [0.2, 0.25) is 0 Å². The predicted octanol–water partition coefficient (Wildman–Crippen LogP) is 3.38. The molecule has 2 N–H and O–H groups in total. The average Bonchev–Trinajstić information content (AvgIpc) is 2.54. The van der Waals surface area contributed by atoms with Crippen molar-refractivity contribution in [3.05, 3.63) is 59.7 Å². The summed E-state index contributed by atoms with van der Waals surface area (Å²) in [5.41, 5.74) is 1.39. The van der Waals surface area contributed by atoms with E-state index in [4.69, 9.17) is 0 Å². The zero-order chi connectivity index (χ0) is 20.9. The highest BCUT2D eigenvalue weighted by molar-refractivity contribution is 7.92. The number of sulfonamides is 1. The number of anilines is 1. The predicted molar refractivity (Wildman–Crippen MR) is 98.3 cm³/mol. The topological polar surface area (TPSA) is 84.5 Å². The van der Waals surface area contributed by atoms with E-state index in [2.05, 4.69) is 14.8 Å². The number of rotatable bonds is 7. The molecule has 0 aliphatic rings. The van der Waals surface area contributed by atoms with Crippen LogP contribution < -0.4 is 14.8 Å². The van der Waals surface area contributed by atoms with Crippen LogP contribution in [-0.4, -0.2) is 26.9 Å². The number of ether oxygens (including phenoxy) is 1. The molecule has 0 spiro atoms.